The van der Waals surface area contributed by atoms with Crippen molar-refractivity contribution in [2.75, 3.05) is 0 Å². The van der Waals surface area contributed by atoms with Gasteiger partial charge in [0.25, 0.3) is 5.97 Å². The van der Waals surface area contributed by atoms with Crippen LogP contribution in [-0.2, 0) is 32.7 Å². The van der Waals surface area contributed by atoms with Crippen molar-refractivity contribution in [3.63, 3.8) is 0 Å². The fraction of sp³-hybridized carbons (Fsp3) is 0. The normalized spacial score (nSPS) is 8.00. The fourth-order valence-corrected chi connectivity index (χ4v) is 0.843. The van der Waals surface area contributed by atoms with Crippen LogP contribution in [0, 0.1) is 5.38 Å². The summed E-state index contributed by atoms with van der Waals surface area (Å²) >= 11 is 1.11. The summed E-state index contributed by atoms with van der Waals surface area (Å²) in [5.41, 5.74) is 0. The number of aromatic carboxylic acids is 1. The fourth-order valence-electron chi connectivity index (χ4n) is 0.356. The molecular weight excluding hydrogens is 213 g/mol. The SMILES string of the molecule is O=C(O)c1cc[c-]s1.[Y]. The maximum atomic E-state index is 10.1. The number of carboxylic acids is 1. The van der Waals surface area contributed by atoms with Crippen molar-refractivity contribution in [2.24, 2.45) is 0 Å². The van der Waals surface area contributed by atoms with Gasteiger partial charge < -0.3 is 5.11 Å². The van der Waals surface area contributed by atoms with Crippen LogP contribution in [0.3, 0.4) is 0 Å². The van der Waals surface area contributed by atoms with Gasteiger partial charge in [0.05, 0.1) is 0 Å². The first-order valence-corrected chi connectivity index (χ1v) is 2.81. The summed E-state index contributed by atoms with van der Waals surface area (Å²) in [4.78, 5) is 10.4. The second-order valence-electron chi connectivity index (χ2n) is 1.22. The first-order valence-electron chi connectivity index (χ1n) is 2.00. The van der Waals surface area contributed by atoms with Gasteiger partial charge >= 0.3 is 0 Å². The monoisotopic (exact) mass is 216 g/mol. The van der Waals surface area contributed by atoms with Gasteiger partial charge in [0.15, 0.2) is 0 Å². The molecule has 1 N–H and O–H groups in total. The van der Waals surface area contributed by atoms with Gasteiger partial charge in [0, 0.05) is 32.7 Å². The Bertz CT molecular complexity index is 183. The van der Waals surface area contributed by atoms with Crippen LogP contribution in [-0.4, -0.2) is 11.1 Å². The van der Waals surface area contributed by atoms with E-state index < -0.39 is 5.97 Å². The number of hydrogen-bond acceptors (Lipinski definition) is 2. The van der Waals surface area contributed by atoms with E-state index in [0.717, 1.165) is 11.3 Å². The zero-order valence-electron chi connectivity index (χ0n) is 4.50. The molecular formula is C5H3O2SY-. The maximum absolute atomic E-state index is 10.1. The number of thiophene rings is 1. The van der Waals surface area contributed by atoms with Gasteiger partial charge in [-0.2, -0.15) is 12.1 Å². The topological polar surface area (TPSA) is 37.3 Å². The third-order valence-electron chi connectivity index (χ3n) is 0.682. The van der Waals surface area contributed by atoms with Crippen molar-refractivity contribution in [1.82, 2.24) is 0 Å². The Morgan fingerprint density at radius 1 is 1.78 bits per heavy atom. The number of carboxylic acid groups (broad SMARTS) is 1. The molecule has 0 saturated heterocycles. The average molecular weight is 216 g/mol. The molecule has 0 aliphatic rings. The van der Waals surface area contributed by atoms with Crippen LogP contribution in [0.5, 0.6) is 0 Å². The van der Waals surface area contributed by atoms with Crippen molar-refractivity contribution in [2.45, 2.75) is 0 Å². The molecule has 0 fully saturated rings. The summed E-state index contributed by atoms with van der Waals surface area (Å²) in [6, 6.07) is 3.11. The number of hydrogen-bond donors (Lipinski definition) is 1. The Balaban J connectivity index is 0.000000640. The molecule has 0 amide bonds. The van der Waals surface area contributed by atoms with Crippen LogP contribution in [0.4, 0.5) is 0 Å². The summed E-state index contributed by atoms with van der Waals surface area (Å²) in [7, 11) is 0. The van der Waals surface area contributed by atoms with E-state index in [1.54, 1.807) is 6.07 Å². The molecule has 1 heterocycles. The van der Waals surface area contributed by atoms with E-state index in [2.05, 4.69) is 5.38 Å². The van der Waals surface area contributed by atoms with Crippen molar-refractivity contribution in [3.8, 4) is 0 Å². The predicted octanol–water partition coefficient (Wildman–Crippen LogP) is 1.24. The van der Waals surface area contributed by atoms with E-state index in [9.17, 15) is 4.79 Å². The minimum Gasteiger partial charge on any atom is -0.487 e. The molecule has 1 rings (SSSR count). The van der Waals surface area contributed by atoms with E-state index >= 15 is 0 Å². The van der Waals surface area contributed by atoms with Gasteiger partial charge in [-0.05, 0) is 4.88 Å². The molecule has 1 aromatic heterocycles. The molecule has 9 heavy (non-hydrogen) atoms. The van der Waals surface area contributed by atoms with Crippen LogP contribution in [0.1, 0.15) is 9.67 Å². The Kier molecular flexibility index (Phi) is 4.27. The Morgan fingerprint density at radius 3 is 2.67 bits per heavy atom. The standard InChI is InChI=1S/C5H3O2S.Y/c6-5(7)4-2-1-3-8-4;/h1-2H,(H,6,7);/q-1;. The molecule has 1 radical (unpaired) electrons. The molecule has 0 atom stereocenters. The first-order chi connectivity index (χ1) is 3.80. The van der Waals surface area contributed by atoms with Crippen LogP contribution in [0.15, 0.2) is 12.1 Å². The minimum absolute atomic E-state index is 0. The molecule has 4 heteroatoms. The Morgan fingerprint density at radius 2 is 2.44 bits per heavy atom. The maximum Gasteiger partial charge on any atom is 0.277 e. The van der Waals surface area contributed by atoms with Gasteiger partial charge in [0.1, 0.15) is 0 Å². The molecule has 0 spiro atoms. The average Bonchev–Trinajstić information content (AvgIpc) is 2.12. The van der Waals surface area contributed by atoms with E-state index in [4.69, 9.17) is 5.11 Å². The summed E-state index contributed by atoms with van der Waals surface area (Å²) in [5, 5.41) is 10.9. The minimum atomic E-state index is -0.878. The molecule has 0 bridgehead atoms. The molecule has 1 aromatic rings. The van der Waals surface area contributed by atoms with E-state index in [1.807, 2.05) is 0 Å². The van der Waals surface area contributed by atoms with Crippen LogP contribution < -0.4 is 0 Å². The van der Waals surface area contributed by atoms with Crippen molar-refractivity contribution in [3.05, 3.63) is 22.4 Å². The van der Waals surface area contributed by atoms with Crippen LogP contribution in [0.25, 0.3) is 0 Å². The second-order valence-corrected chi connectivity index (χ2v) is 2.10. The number of rotatable bonds is 1. The van der Waals surface area contributed by atoms with E-state index in [1.165, 1.54) is 6.07 Å². The van der Waals surface area contributed by atoms with Crippen molar-refractivity contribution in [1.29, 1.82) is 0 Å². The molecule has 2 nitrogen and oxygen atoms in total. The third-order valence-corrected chi connectivity index (χ3v) is 1.47. The molecule has 0 aromatic carbocycles. The zero-order valence-corrected chi connectivity index (χ0v) is 8.15. The van der Waals surface area contributed by atoms with Crippen LogP contribution >= 0.6 is 11.3 Å². The summed E-state index contributed by atoms with van der Waals surface area (Å²) in [6.45, 7) is 0. The molecule has 0 saturated carbocycles. The molecule has 0 aliphatic carbocycles. The Hall–Kier alpha value is 0.274. The Labute approximate surface area is 81.8 Å². The van der Waals surface area contributed by atoms with E-state index in [0.29, 0.717) is 4.88 Å². The second kappa shape index (κ2) is 4.15. The van der Waals surface area contributed by atoms with Crippen LogP contribution in [0.2, 0.25) is 0 Å². The van der Waals surface area contributed by atoms with Gasteiger partial charge in [-0.15, -0.1) is 5.38 Å². The molecule has 0 aliphatic heterocycles. The quantitative estimate of drug-likeness (QED) is 0.717. The van der Waals surface area contributed by atoms with Gasteiger partial charge in [-0.3, -0.25) is 16.1 Å². The smallest absolute Gasteiger partial charge is 0.277 e. The molecule has 45 valence electrons. The zero-order chi connectivity index (χ0) is 5.98. The summed E-state index contributed by atoms with van der Waals surface area (Å²) in [6.07, 6.45) is 0. The third kappa shape index (κ3) is 2.56. The number of carbonyl (C=O) groups is 1. The van der Waals surface area contributed by atoms with Gasteiger partial charge in [-0.1, -0.05) is 0 Å². The summed E-state index contributed by atoms with van der Waals surface area (Å²) < 4.78 is 0. The van der Waals surface area contributed by atoms with Gasteiger partial charge in [0.2, 0.25) is 0 Å². The predicted molar refractivity (Wildman–Crippen MR) is 30.1 cm³/mol. The van der Waals surface area contributed by atoms with Crippen molar-refractivity contribution < 1.29 is 42.6 Å². The largest absolute Gasteiger partial charge is 0.487 e. The van der Waals surface area contributed by atoms with Crippen molar-refractivity contribution >= 4 is 17.3 Å². The summed E-state index contributed by atoms with van der Waals surface area (Å²) in [5.74, 6) is -0.878. The molecule has 0 unspecified atom stereocenters. The van der Waals surface area contributed by atoms with Gasteiger partial charge in [-0.25, -0.2) is 0 Å². The first kappa shape index (κ1) is 9.27. The van der Waals surface area contributed by atoms with E-state index in [-0.39, 0.29) is 32.7 Å².